The van der Waals surface area contributed by atoms with E-state index in [0.717, 1.165) is 28.8 Å². The molecule has 0 spiro atoms. The minimum absolute atomic E-state index is 0. The smallest absolute Gasteiger partial charge is 0.262 e. The van der Waals surface area contributed by atoms with E-state index in [9.17, 15) is 9.59 Å². The van der Waals surface area contributed by atoms with E-state index in [0.29, 0.717) is 23.9 Å². The lowest BCUT2D eigenvalue weighted by Gasteiger charge is -2.39. The Labute approximate surface area is 169 Å². The molecule has 2 aromatic heterocycles. The molecule has 7 nitrogen and oxygen atoms in total. The topological polar surface area (TPSA) is 93.2 Å². The highest BCUT2D eigenvalue weighted by Gasteiger charge is 2.32. The van der Waals surface area contributed by atoms with Crippen molar-refractivity contribution < 1.29 is 9.59 Å². The zero-order valence-electron chi connectivity index (χ0n) is 16.2. The number of aromatic nitrogens is 2. The molecule has 1 saturated heterocycles. The number of likely N-dealkylation sites (tertiary alicyclic amines) is 1. The summed E-state index contributed by atoms with van der Waals surface area (Å²) in [7, 11) is 1.87. The third-order valence-corrected chi connectivity index (χ3v) is 6.37. The van der Waals surface area contributed by atoms with Crippen molar-refractivity contribution in [2.75, 3.05) is 13.1 Å². The van der Waals surface area contributed by atoms with Crippen molar-refractivity contribution in [1.29, 1.82) is 0 Å². The first-order chi connectivity index (χ1) is 12.3. The number of rotatable bonds is 4. The normalized spacial score (nSPS) is 21.0. The Morgan fingerprint density at radius 1 is 1.48 bits per heavy atom. The Hall–Kier alpha value is -1.64. The lowest BCUT2D eigenvalue weighted by molar-refractivity contribution is -0.136. The average Bonchev–Trinajstić information content (AvgIpc) is 3.16. The summed E-state index contributed by atoms with van der Waals surface area (Å²) >= 11 is 1.39. The van der Waals surface area contributed by atoms with Crippen LogP contribution in [0.1, 0.15) is 42.1 Å². The molecular weight excluding hydrogens is 386 g/mol. The van der Waals surface area contributed by atoms with Crippen molar-refractivity contribution in [3.8, 4) is 0 Å². The van der Waals surface area contributed by atoms with Gasteiger partial charge in [0.05, 0.1) is 10.6 Å². The maximum absolute atomic E-state index is 12.8. The first kappa shape index (κ1) is 21.7. The van der Waals surface area contributed by atoms with Gasteiger partial charge in [-0.2, -0.15) is 5.10 Å². The molecule has 3 rings (SSSR count). The van der Waals surface area contributed by atoms with E-state index in [1.54, 1.807) is 11.6 Å². The summed E-state index contributed by atoms with van der Waals surface area (Å²) in [5.41, 5.74) is 6.76. The number of fused-ring (bicyclic) bond motifs is 1. The zero-order valence-corrected chi connectivity index (χ0v) is 17.8. The fourth-order valence-corrected chi connectivity index (χ4v) is 4.69. The van der Waals surface area contributed by atoms with Crippen LogP contribution in [0, 0.1) is 12.8 Å². The predicted molar refractivity (Wildman–Crippen MR) is 110 cm³/mol. The Balaban J connectivity index is 0.00000261. The van der Waals surface area contributed by atoms with Crippen LogP contribution < -0.4 is 11.1 Å². The van der Waals surface area contributed by atoms with Gasteiger partial charge in [0.25, 0.3) is 5.91 Å². The van der Waals surface area contributed by atoms with Gasteiger partial charge in [0, 0.05) is 31.6 Å². The minimum Gasteiger partial charge on any atom is -0.340 e. The van der Waals surface area contributed by atoms with Gasteiger partial charge in [0.2, 0.25) is 5.91 Å². The second kappa shape index (κ2) is 8.58. The molecule has 1 aliphatic rings. The molecule has 2 amide bonds. The van der Waals surface area contributed by atoms with E-state index >= 15 is 0 Å². The van der Waals surface area contributed by atoms with E-state index in [1.807, 2.05) is 24.9 Å². The maximum atomic E-state index is 12.8. The van der Waals surface area contributed by atoms with Crippen LogP contribution in [0.25, 0.3) is 10.2 Å². The van der Waals surface area contributed by atoms with Gasteiger partial charge in [-0.15, -0.1) is 23.7 Å². The van der Waals surface area contributed by atoms with Crippen LogP contribution >= 0.6 is 23.7 Å². The number of hydrogen-bond donors (Lipinski definition) is 2. The molecule has 1 fully saturated rings. The average molecular weight is 414 g/mol. The molecule has 150 valence electrons. The SMILES string of the molecule is Cc1nn(C)c2sc(C(=O)NC(C)C(=O)N3CCC(C)CC3CN)cc12.Cl. The van der Waals surface area contributed by atoms with Gasteiger partial charge >= 0.3 is 0 Å². The Morgan fingerprint density at radius 3 is 2.81 bits per heavy atom. The van der Waals surface area contributed by atoms with Crippen molar-refractivity contribution in [1.82, 2.24) is 20.0 Å². The number of hydrogen-bond acceptors (Lipinski definition) is 5. The van der Waals surface area contributed by atoms with Crippen molar-refractivity contribution in [2.24, 2.45) is 18.7 Å². The molecule has 0 radical (unpaired) electrons. The Kier molecular flexibility index (Phi) is 6.88. The molecule has 2 aromatic rings. The monoisotopic (exact) mass is 413 g/mol. The first-order valence-electron chi connectivity index (χ1n) is 9.06. The highest BCUT2D eigenvalue weighted by atomic mass is 35.5. The number of halogens is 1. The number of carbonyl (C=O) groups is 2. The van der Waals surface area contributed by atoms with Gasteiger partial charge in [-0.3, -0.25) is 14.3 Å². The summed E-state index contributed by atoms with van der Waals surface area (Å²) < 4.78 is 1.78. The van der Waals surface area contributed by atoms with Gasteiger partial charge in [-0.05, 0) is 38.7 Å². The quantitative estimate of drug-likeness (QED) is 0.802. The van der Waals surface area contributed by atoms with Gasteiger partial charge in [-0.1, -0.05) is 6.92 Å². The first-order valence-corrected chi connectivity index (χ1v) is 9.88. The van der Waals surface area contributed by atoms with Crippen LogP contribution in [-0.4, -0.2) is 51.7 Å². The molecule has 0 aliphatic carbocycles. The molecule has 0 saturated carbocycles. The molecule has 3 unspecified atom stereocenters. The Bertz CT molecular complexity index is 799. The second-order valence-electron chi connectivity index (χ2n) is 7.28. The van der Waals surface area contributed by atoms with E-state index in [4.69, 9.17) is 5.73 Å². The van der Waals surface area contributed by atoms with Crippen LogP contribution in [0.2, 0.25) is 0 Å². The molecular formula is C18H28ClN5O2S. The summed E-state index contributed by atoms with van der Waals surface area (Å²) in [6.07, 6.45) is 1.90. The lowest BCUT2D eigenvalue weighted by Crippen LogP contribution is -2.55. The number of nitrogens with two attached hydrogens (primary N) is 1. The molecule has 3 heterocycles. The molecule has 0 bridgehead atoms. The molecule has 3 atom stereocenters. The Morgan fingerprint density at radius 2 is 2.19 bits per heavy atom. The van der Waals surface area contributed by atoms with Gasteiger partial charge < -0.3 is 16.0 Å². The fourth-order valence-electron chi connectivity index (χ4n) is 3.66. The molecule has 3 N–H and O–H groups in total. The van der Waals surface area contributed by atoms with E-state index < -0.39 is 6.04 Å². The van der Waals surface area contributed by atoms with Crippen LogP contribution in [0.4, 0.5) is 0 Å². The lowest BCUT2D eigenvalue weighted by atomic mass is 9.92. The van der Waals surface area contributed by atoms with Crippen molar-refractivity contribution in [3.63, 3.8) is 0 Å². The highest BCUT2D eigenvalue weighted by molar-refractivity contribution is 7.20. The zero-order chi connectivity index (χ0) is 19.0. The summed E-state index contributed by atoms with van der Waals surface area (Å²) in [5.74, 6) is 0.300. The number of nitrogens with one attached hydrogen (secondary N) is 1. The number of nitrogens with zero attached hydrogens (tertiary/aromatic N) is 3. The summed E-state index contributed by atoms with van der Waals surface area (Å²) in [6, 6.07) is 1.33. The number of piperidine rings is 1. The summed E-state index contributed by atoms with van der Waals surface area (Å²) in [5, 5.41) is 8.18. The third-order valence-electron chi connectivity index (χ3n) is 5.17. The summed E-state index contributed by atoms with van der Waals surface area (Å²) in [6.45, 7) is 7.02. The van der Waals surface area contributed by atoms with Crippen LogP contribution in [-0.2, 0) is 11.8 Å². The molecule has 1 aliphatic heterocycles. The van der Waals surface area contributed by atoms with Gasteiger partial charge in [0.15, 0.2) is 0 Å². The van der Waals surface area contributed by atoms with Crippen LogP contribution in [0.5, 0.6) is 0 Å². The highest BCUT2D eigenvalue weighted by Crippen LogP contribution is 2.28. The number of thiophene rings is 1. The van der Waals surface area contributed by atoms with E-state index in [2.05, 4.69) is 17.3 Å². The number of carbonyl (C=O) groups excluding carboxylic acids is 2. The van der Waals surface area contributed by atoms with Crippen LogP contribution in [0.3, 0.4) is 0 Å². The van der Waals surface area contributed by atoms with E-state index in [-0.39, 0.29) is 30.3 Å². The van der Waals surface area contributed by atoms with Crippen molar-refractivity contribution >= 4 is 45.8 Å². The molecule has 27 heavy (non-hydrogen) atoms. The van der Waals surface area contributed by atoms with Crippen molar-refractivity contribution in [3.05, 3.63) is 16.6 Å². The van der Waals surface area contributed by atoms with Crippen molar-refractivity contribution in [2.45, 2.75) is 45.7 Å². The van der Waals surface area contributed by atoms with Crippen LogP contribution in [0.15, 0.2) is 6.07 Å². The van der Waals surface area contributed by atoms with E-state index in [1.165, 1.54) is 11.3 Å². The molecule has 0 aromatic carbocycles. The fraction of sp³-hybridized carbons (Fsp3) is 0.611. The second-order valence-corrected chi connectivity index (χ2v) is 8.32. The molecule has 9 heteroatoms. The standard InChI is InChI=1S/C18H27N5O2S.ClH/c1-10-5-6-23(13(7-10)9-19)17(25)12(3)20-16(24)15-8-14-11(2)21-22(4)18(14)26-15;/h8,10,12-13H,5-7,9,19H2,1-4H3,(H,20,24);1H. The maximum Gasteiger partial charge on any atom is 0.262 e. The number of amides is 2. The summed E-state index contributed by atoms with van der Waals surface area (Å²) in [4.78, 5) is 28.8. The largest absolute Gasteiger partial charge is 0.340 e. The third kappa shape index (κ3) is 4.28. The van der Waals surface area contributed by atoms with Gasteiger partial charge in [-0.25, -0.2) is 0 Å². The minimum atomic E-state index is -0.575. The predicted octanol–water partition coefficient (Wildman–Crippen LogP) is 2.07. The van der Waals surface area contributed by atoms with Gasteiger partial charge in [0.1, 0.15) is 10.9 Å². The number of aryl methyl sites for hydroxylation is 2.